The van der Waals surface area contributed by atoms with Crippen LogP contribution in [0.1, 0.15) is 33.2 Å². The smallest absolute Gasteiger partial charge is 0.342 e. The van der Waals surface area contributed by atoms with Gasteiger partial charge in [0.05, 0.1) is 16.8 Å². The molecular formula is C22H19N5O5S. The fourth-order valence-corrected chi connectivity index (χ4v) is 4.42. The lowest BCUT2D eigenvalue weighted by molar-refractivity contribution is 0.0456. The van der Waals surface area contributed by atoms with Crippen LogP contribution < -0.4 is 10.3 Å². The molecule has 0 atom stereocenters. The van der Waals surface area contributed by atoms with Crippen molar-refractivity contribution in [1.82, 2.24) is 24.3 Å². The van der Waals surface area contributed by atoms with Crippen LogP contribution in [0.4, 0.5) is 0 Å². The Morgan fingerprint density at radius 1 is 1.15 bits per heavy atom. The molecule has 0 bridgehead atoms. The maximum atomic E-state index is 12.9. The lowest BCUT2D eigenvalue weighted by Gasteiger charge is -2.11. The number of aryl methyl sites for hydroxylation is 3. The van der Waals surface area contributed by atoms with E-state index in [0.717, 1.165) is 11.3 Å². The Hall–Kier alpha value is -3.99. The molecule has 4 aromatic heterocycles. The van der Waals surface area contributed by atoms with Gasteiger partial charge in [0.25, 0.3) is 5.56 Å². The number of fused-ring (bicyclic) bond motifs is 3. The number of carbonyl (C=O) groups is 1. The summed E-state index contributed by atoms with van der Waals surface area (Å²) in [5, 5.41) is 14.0. The zero-order chi connectivity index (χ0) is 23.1. The van der Waals surface area contributed by atoms with Gasteiger partial charge in [0, 0.05) is 7.05 Å². The van der Waals surface area contributed by atoms with Crippen LogP contribution in [-0.2, 0) is 25.0 Å². The zero-order valence-corrected chi connectivity index (χ0v) is 18.9. The fraction of sp³-hybridized carbons (Fsp3) is 0.227. The number of para-hydroxylation sites is 1. The zero-order valence-electron chi connectivity index (χ0n) is 18.1. The second-order valence-electron chi connectivity index (χ2n) is 7.41. The third-order valence-electron chi connectivity index (χ3n) is 5.39. The van der Waals surface area contributed by atoms with Gasteiger partial charge in [0.15, 0.2) is 12.4 Å². The van der Waals surface area contributed by atoms with Crippen molar-refractivity contribution in [3.63, 3.8) is 0 Å². The first-order valence-electron chi connectivity index (χ1n) is 10.1. The predicted octanol–water partition coefficient (Wildman–Crippen LogP) is 3.18. The molecule has 0 aliphatic carbocycles. The molecule has 0 aliphatic heterocycles. The Balaban J connectivity index is 1.38. The minimum absolute atomic E-state index is 0.124. The Morgan fingerprint density at radius 3 is 2.76 bits per heavy atom. The predicted molar refractivity (Wildman–Crippen MR) is 119 cm³/mol. The van der Waals surface area contributed by atoms with Crippen LogP contribution in [-0.4, -0.2) is 30.3 Å². The summed E-state index contributed by atoms with van der Waals surface area (Å²) in [5.74, 6) is 1.27. The largest absolute Gasteiger partial charge is 0.488 e. The molecule has 0 N–H and O–H groups in total. The van der Waals surface area contributed by atoms with E-state index in [9.17, 15) is 9.59 Å². The van der Waals surface area contributed by atoms with Gasteiger partial charge in [-0.15, -0.1) is 21.5 Å². The second-order valence-corrected chi connectivity index (χ2v) is 8.33. The lowest BCUT2D eigenvalue weighted by Crippen LogP contribution is -2.19. The molecule has 0 saturated heterocycles. The number of hydrogen-bond donors (Lipinski definition) is 0. The van der Waals surface area contributed by atoms with Gasteiger partial charge in [-0.2, -0.15) is 0 Å². The summed E-state index contributed by atoms with van der Waals surface area (Å²) in [7, 11) is 1.63. The topological polar surface area (TPSA) is 114 Å². The molecule has 11 heteroatoms. The summed E-state index contributed by atoms with van der Waals surface area (Å²) in [6.07, 6.45) is 0. The summed E-state index contributed by atoms with van der Waals surface area (Å²) in [4.78, 5) is 25.4. The molecular weight excluding hydrogens is 446 g/mol. The number of hydrogen-bond acceptors (Lipinski definition) is 9. The molecule has 0 aliphatic rings. The van der Waals surface area contributed by atoms with Gasteiger partial charge in [0.1, 0.15) is 28.4 Å². The standard InChI is InChI=1S/C22H19N5O5S/c1-12-15(13(2)32-25-12)10-30-17-7-5-4-6-14(17)21(29)31-11-18-23-24-22-26(3)20(28)19-16(27(18)22)8-9-33-19/h4-9H,10-11H2,1-3H3. The van der Waals surface area contributed by atoms with Crippen molar-refractivity contribution in [3.05, 3.63) is 74.5 Å². The van der Waals surface area contributed by atoms with E-state index >= 15 is 0 Å². The summed E-state index contributed by atoms with van der Waals surface area (Å²) in [6, 6.07) is 8.66. The number of aromatic nitrogens is 5. The molecule has 0 spiro atoms. The van der Waals surface area contributed by atoms with Gasteiger partial charge < -0.3 is 14.0 Å². The van der Waals surface area contributed by atoms with Crippen molar-refractivity contribution in [2.45, 2.75) is 27.1 Å². The fourth-order valence-electron chi connectivity index (χ4n) is 3.57. The van der Waals surface area contributed by atoms with Gasteiger partial charge >= 0.3 is 5.97 Å². The van der Waals surface area contributed by atoms with E-state index < -0.39 is 5.97 Å². The first-order chi connectivity index (χ1) is 16.0. The number of esters is 1. The third kappa shape index (κ3) is 3.55. The maximum Gasteiger partial charge on any atom is 0.342 e. The van der Waals surface area contributed by atoms with E-state index in [1.807, 2.05) is 25.3 Å². The van der Waals surface area contributed by atoms with Gasteiger partial charge in [-0.05, 0) is 37.4 Å². The molecule has 0 amide bonds. The molecule has 0 unspecified atom stereocenters. The molecule has 0 fully saturated rings. The van der Waals surface area contributed by atoms with Crippen molar-refractivity contribution in [2.24, 2.45) is 7.05 Å². The molecule has 33 heavy (non-hydrogen) atoms. The Bertz CT molecular complexity index is 1540. The molecule has 5 rings (SSSR count). The van der Waals surface area contributed by atoms with Crippen molar-refractivity contribution in [2.75, 3.05) is 0 Å². The number of carbonyl (C=O) groups excluding carboxylic acids is 1. The van der Waals surface area contributed by atoms with Crippen LogP contribution in [0, 0.1) is 13.8 Å². The highest BCUT2D eigenvalue weighted by molar-refractivity contribution is 7.17. The molecule has 0 radical (unpaired) electrons. The van der Waals surface area contributed by atoms with Crippen LogP contribution >= 0.6 is 11.3 Å². The third-order valence-corrected chi connectivity index (χ3v) is 6.28. The quantitative estimate of drug-likeness (QED) is 0.351. The van der Waals surface area contributed by atoms with E-state index in [1.54, 1.807) is 35.7 Å². The normalized spacial score (nSPS) is 11.4. The van der Waals surface area contributed by atoms with E-state index in [4.69, 9.17) is 14.0 Å². The first-order valence-corrected chi connectivity index (χ1v) is 10.9. The SMILES string of the molecule is Cc1noc(C)c1COc1ccccc1C(=O)OCc1nnc2n(C)c(=O)c3sccc3n12. The van der Waals surface area contributed by atoms with Crippen molar-refractivity contribution >= 4 is 33.3 Å². The maximum absolute atomic E-state index is 12.9. The van der Waals surface area contributed by atoms with Crippen LogP contribution in [0.3, 0.4) is 0 Å². The Labute approximate surface area is 191 Å². The minimum Gasteiger partial charge on any atom is -0.488 e. The minimum atomic E-state index is -0.563. The molecule has 168 valence electrons. The Kier molecular flexibility index (Phi) is 5.17. The summed E-state index contributed by atoms with van der Waals surface area (Å²) >= 11 is 1.34. The molecule has 1 aromatic carbocycles. The van der Waals surface area contributed by atoms with E-state index in [0.29, 0.717) is 33.3 Å². The molecule has 10 nitrogen and oxygen atoms in total. The van der Waals surface area contributed by atoms with Crippen LogP contribution in [0.5, 0.6) is 5.75 Å². The highest BCUT2D eigenvalue weighted by Crippen LogP contribution is 2.23. The van der Waals surface area contributed by atoms with E-state index in [1.165, 1.54) is 15.9 Å². The second kappa shape index (κ2) is 8.17. The number of benzene rings is 1. The average Bonchev–Trinajstić information content (AvgIpc) is 3.54. The molecule has 0 saturated carbocycles. The summed E-state index contributed by atoms with van der Waals surface area (Å²) in [6.45, 7) is 3.73. The summed E-state index contributed by atoms with van der Waals surface area (Å²) < 4.78 is 20.3. The molecule has 5 aromatic rings. The van der Waals surface area contributed by atoms with Gasteiger partial charge in [-0.25, -0.2) is 4.79 Å². The summed E-state index contributed by atoms with van der Waals surface area (Å²) in [5.41, 5.74) is 2.38. The van der Waals surface area contributed by atoms with Gasteiger partial charge in [-0.1, -0.05) is 17.3 Å². The van der Waals surface area contributed by atoms with Crippen molar-refractivity contribution in [1.29, 1.82) is 0 Å². The Morgan fingerprint density at radius 2 is 1.97 bits per heavy atom. The first kappa shape index (κ1) is 20.9. The van der Waals surface area contributed by atoms with Gasteiger partial charge in [0.2, 0.25) is 5.78 Å². The van der Waals surface area contributed by atoms with Crippen molar-refractivity contribution < 1.29 is 18.8 Å². The van der Waals surface area contributed by atoms with E-state index in [-0.39, 0.29) is 24.3 Å². The highest BCUT2D eigenvalue weighted by Gasteiger charge is 2.19. The van der Waals surface area contributed by atoms with Crippen LogP contribution in [0.15, 0.2) is 45.0 Å². The monoisotopic (exact) mass is 465 g/mol. The van der Waals surface area contributed by atoms with Crippen LogP contribution in [0.25, 0.3) is 16.0 Å². The highest BCUT2D eigenvalue weighted by atomic mass is 32.1. The van der Waals surface area contributed by atoms with Crippen LogP contribution in [0.2, 0.25) is 0 Å². The van der Waals surface area contributed by atoms with Gasteiger partial charge in [-0.3, -0.25) is 13.8 Å². The number of rotatable bonds is 6. The number of nitrogens with zero attached hydrogens (tertiary/aromatic N) is 5. The van der Waals surface area contributed by atoms with E-state index in [2.05, 4.69) is 15.4 Å². The van der Waals surface area contributed by atoms with Crippen molar-refractivity contribution in [3.8, 4) is 5.75 Å². The number of thiophene rings is 1. The lowest BCUT2D eigenvalue weighted by atomic mass is 10.2. The average molecular weight is 465 g/mol. The number of ether oxygens (including phenoxy) is 2. The molecule has 4 heterocycles.